The summed E-state index contributed by atoms with van der Waals surface area (Å²) in [6, 6.07) is 9.22. The normalized spacial score (nSPS) is 12.0. The molecule has 1 atom stereocenters. The van der Waals surface area contributed by atoms with Gasteiger partial charge < -0.3 is 15.4 Å². The molecule has 0 saturated carbocycles. The van der Waals surface area contributed by atoms with Crippen LogP contribution in [0.2, 0.25) is 5.02 Å². The van der Waals surface area contributed by atoms with Crippen LogP contribution in [0.3, 0.4) is 0 Å². The smallest absolute Gasteiger partial charge is 0.338 e. The maximum absolute atomic E-state index is 12.3. The van der Waals surface area contributed by atoms with Gasteiger partial charge in [0.1, 0.15) is 0 Å². The molecule has 2 aromatic carbocycles. The van der Waals surface area contributed by atoms with E-state index >= 15 is 0 Å². The van der Waals surface area contributed by atoms with E-state index in [1.54, 1.807) is 0 Å². The number of halogens is 1. The number of benzene rings is 2. The first-order valence-electron chi connectivity index (χ1n) is 9.24. The van der Waals surface area contributed by atoms with Gasteiger partial charge in [-0.3, -0.25) is 9.59 Å². The summed E-state index contributed by atoms with van der Waals surface area (Å²) in [6.45, 7) is 4.74. The highest BCUT2D eigenvalue weighted by Gasteiger charge is 2.22. The van der Waals surface area contributed by atoms with Crippen molar-refractivity contribution in [3.05, 3.63) is 58.1 Å². The number of carbonyl (C=O) groups is 3. The number of hydrogen-bond acceptors (Lipinski definition) is 6. The fourth-order valence-corrected chi connectivity index (χ4v) is 4.00. The van der Waals surface area contributed by atoms with Crippen molar-refractivity contribution in [2.24, 2.45) is 0 Å². The largest absolute Gasteiger partial charge is 0.449 e. The van der Waals surface area contributed by atoms with Gasteiger partial charge >= 0.3 is 5.97 Å². The molecule has 0 fully saturated rings. The van der Waals surface area contributed by atoms with Crippen LogP contribution in [-0.2, 0) is 24.2 Å². The van der Waals surface area contributed by atoms with Crippen molar-refractivity contribution in [1.29, 1.82) is 0 Å². The van der Waals surface area contributed by atoms with Crippen LogP contribution in [0.5, 0.6) is 0 Å². The molecule has 0 aliphatic rings. The number of nitrogens with one attached hydrogen (secondary N) is 2. The van der Waals surface area contributed by atoms with Crippen molar-refractivity contribution < 1.29 is 27.5 Å². The average Bonchev–Trinajstić information content (AvgIpc) is 2.68. The Balaban J connectivity index is 1.95. The number of esters is 1. The Hall–Kier alpha value is -2.91. The summed E-state index contributed by atoms with van der Waals surface area (Å²) in [6.07, 6.45) is -0.249. The fourth-order valence-electron chi connectivity index (χ4n) is 2.70. The molecule has 10 heteroatoms. The van der Waals surface area contributed by atoms with Crippen molar-refractivity contribution in [1.82, 2.24) is 5.32 Å². The number of carbonyl (C=O) groups excluding carboxylic acids is 3. The molecular formula is C21H23ClN2O6S. The standard InChI is InChI=1S/C21H23ClN2O6S/c1-12-6-5-7-13(2)19(12)24-18(25)11-23-20(26)14(3)30-21(27)15-8-9-16(22)17(10-15)31(4,28)29/h5-10,14H,11H2,1-4H3,(H,23,26)(H,24,25). The third-order valence-corrected chi connectivity index (χ3v) is 5.97. The lowest BCUT2D eigenvalue weighted by molar-refractivity contribution is -0.130. The van der Waals surface area contributed by atoms with Gasteiger partial charge in [0.2, 0.25) is 5.91 Å². The number of amides is 2. The van der Waals surface area contributed by atoms with Gasteiger partial charge in [0.15, 0.2) is 15.9 Å². The number of ether oxygens (including phenoxy) is 1. The second-order valence-corrected chi connectivity index (χ2v) is 9.39. The molecule has 2 N–H and O–H groups in total. The number of sulfone groups is 1. The van der Waals surface area contributed by atoms with E-state index < -0.39 is 33.7 Å². The maximum atomic E-state index is 12.3. The summed E-state index contributed by atoms with van der Waals surface area (Å²) in [5.41, 5.74) is 2.37. The van der Waals surface area contributed by atoms with Crippen molar-refractivity contribution in [2.75, 3.05) is 18.1 Å². The van der Waals surface area contributed by atoms with Gasteiger partial charge in [-0.25, -0.2) is 13.2 Å². The average molecular weight is 467 g/mol. The van der Waals surface area contributed by atoms with E-state index in [2.05, 4.69) is 10.6 Å². The van der Waals surface area contributed by atoms with Crippen LogP contribution in [0.4, 0.5) is 5.69 Å². The molecule has 0 aromatic heterocycles. The molecule has 0 aliphatic carbocycles. The minimum atomic E-state index is -3.65. The van der Waals surface area contributed by atoms with Crippen LogP contribution in [0.25, 0.3) is 0 Å². The highest BCUT2D eigenvalue weighted by molar-refractivity contribution is 7.90. The van der Waals surface area contributed by atoms with Crippen LogP contribution in [-0.4, -0.2) is 45.1 Å². The Bertz CT molecular complexity index is 1110. The minimum Gasteiger partial charge on any atom is -0.449 e. The predicted molar refractivity (Wildman–Crippen MR) is 117 cm³/mol. The summed E-state index contributed by atoms with van der Waals surface area (Å²) < 4.78 is 28.6. The zero-order chi connectivity index (χ0) is 23.3. The molecule has 2 rings (SSSR count). The zero-order valence-electron chi connectivity index (χ0n) is 17.5. The highest BCUT2D eigenvalue weighted by atomic mass is 35.5. The molecule has 0 heterocycles. The Morgan fingerprint density at radius 3 is 2.29 bits per heavy atom. The van der Waals surface area contributed by atoms with Crippen LogP contribution in [0, 0.1) is 13.8 Å². The Morgan fingerprint density at radius 1 is 1.10 bits per heavy atom. The third-order valence-electron chi connectivity index (χ3n) is 4.39. The molecule has 166 valence electrons. The van der Waals surface area contributed by atoms with E-state index in [1.807, 2.05) is 32.0 Å². The van der Waals surface area contributed by atoms with Gasteiger partial charge in [-0.1, -0.05) is 29.8 Å². The molecule has 0 bridgehead atoms. The van der Waals surface area contributed by atoms with Crippen molar-refractivity contribution >= 4 is 44.9 Å². The third kappa shape index (κ3) is 6.53. The first kappa shape index (κ1) is 24.4. The lowest BCUT2D eigenvalue weighted by Gasteiger charge is -2.15. The molecule has 2 aromatic rings. The quantitative estimate of drug-likeness (QED) is 0.605. The van der Waals surface area contributed by atoms with Crippen molar-refractivity contribution in [2.45, 2.75) is 31.8 Å². The van der Waals surface area contributed by atoms with E-state index in [4.69, 9.17) is 16.3 Å². The van der Waals surface area contributed by atoms with Crippen LogP contribution in [0.15, 0.2) is 41.3 Å². The summed E-state index contributed by atoms with van der Waals surface area (Å²) >= 11 is 5.86. The zero-order valence-corrected chi connectivity index (χ0v) is 19.1. The maximum Gasteiger partial charge on any atom is 0.338 e. The number of rotatable bonds is 7. The number of hydrogen-bond donors (Lipinski definition) is 2. The van der Waals surface area contributed by atoms with E-state index in [0.717, 1.165) is 23.4 Å². The van der Waals surface area contributed by atoms with Gasteiger partial charge in [0.25, 0.3) is 5.91 Å². The molecule has 0 radical (unpaired) electrons. The lowest BCUT2D eigenvalue weighted by atomic mass is 10.1. The van der Waals surface area contributed by atoms with Gasteiger partial charge in [0, 0.05) is 11.9 Å². The fraction of sp³-hybridized carbons (Fsp3) is 0.286. The Labute approximate surface area is 185 Å². The predicted octanol–water partition coefficient (Wildman–Crippen LogP) is 2.66. The van der Waals surface area contributed by atoms with Crippen molar-refractivity contribution in [3.63, 3.8) is 0 Å². The van der Waals surface area contributed by atoms with Gasteiger partial charge in [0.05, 0.1) is 22.0 Å². The highest BCUT2D eigenvalue weighted by Crippen LogP contribution is 2.23. The molecule has 31 heavy (non-hydrogen) atoms. The first-order valence-corrected chi connectivity index (χ1v) is 11.5. The van der Waals surface area contributed by atoms with E-state index in [0.29, 0.717) is 5.69 Å². The SMILES string of the molecule is Cc1cccc(C)c1NC(=O)CNC(=O)C(C)OC(=O)c1ccc(Cl)c(S(C)(=O)=O)c1. The summed E-state index contributed by atoms with van der Waals surface area (Å²) in [4.78, 5) is 36.4. The van der Waals surface area contributed by atoms with Crippen LogP contribution >= 0.6 is 11.6 Å². The van der Waals surface area contributed by atoms with E-state index in [1.165, 1.54) is 19.1 Å². The second-order valence-electron chi connectivity index (χ2n) is 7.00. The molecular weight excluding hydrogens is 444 g/mol. The van der Waals surface area contributed by atoms with Crippen molar-refractivity contribution in [3.8, 4) is 0 Å². The number of aryl methyl sites for hydroxylation is 2. The van der Waals surface area contributed by atoms with Crippen LogP contribution in [0.1, 0.15) is 28.4 Å². The minimum absolute atomic E-state index is 0.0280. The topological polar surface area (TPSA) is 119 Å². The number of anilines is 1. The van der Waals surface area contributed by atoms with Gasteiger partial charge in [-0.2, -0.15) is 0 Å². The van der Waals surface area contributed by atoms with Gasteiger partial charge in [-0.05, 0) is 50.1 Å². The Morgan fingerprint density at radius 2 is 1.71 bits per heavy atom. The molecule has 1 unspecified atom stereocenters. The van der Waals surface area contributed by atoms with E-state index in [-0.39, 0.29) is 22.0 Å². The van der Waals surface area contributed by atoms with E-state index in [9.17, 15) is 22.8 Å². The molecule has 0 saturated heterocycles. The first-order chi connectivity index (χ1) is 14.4. The summed E-state index contributed by atoms with van der Waals surface area (Å²) in [7, 11) is -3.65. The van der Waals surface area contributed by atoms with Gasteiger partial charge in [-0.15, -0.1) is 0 Å². The summed E-state index contributed by atoms with van der Waals surface area (Å²) in [5, 5.41) is 5.10. The second kappa shape index (κ2) is 9.93. The number of para-hydroxylation sites is 1. The molecule has 0 spiro atoms. The molecule has 8 nitrogen and oxygen atoms in total. The summed E-state index contributed by atoms with van der Waals surface area (Å²) in [5.74, 6) is -2.01. The lowest BCUT2D eigenvalue weighted by Crippen LogP contribution is -2.40. The van der Waals surface area contributed by atoms with Crippen LogP contribution < -0.4 is 10.6 Å². The monoisotopic (exact) mass is 466 g/mol. The molecule has 0 aliphatic heterocycles. The Kier molecular flexibility index (Phi) is 7.80. The molecule has 2 amide bonds.